The van der Waals surface area contributed by atoms with Crippen molar-refractivity contribution in [2.24, 2.45) is 0 Å². The monoisotopic (exact) mass is 266 g/mol. The van der Waals surface area contributed by atoms with Crippen molar-refractivity contribution in [1.29, 1.82) is 0 Å². The topological polar surface area (TPSA) is 32.3 Å². The highest BCUT2D eigenvalue weighted by atomic mass is 35.5. The van der Waals surface area contributed by atoms with Crippen molar-refractivity contribution in [3.63, 3.8) is 0 Å². The van der Waals surface area contributed by atoms with Gasteiger partial charge in [0, 0.05) is 19.1 Å². The first kappa shape index (κ1) is 16.1. The van der Waals surface area contributed by atoms with Crippen LogP contribution in [0, 0.1) is 0 Å². The summed E-state index contributed by atoms with van der Waals surface area (Å²) in [4.78, 5) is 13.9. The number of halogens is 1. The average molecular weight is 267 g/mol. The maximum absolute atomic E-state index is 11.9. The zero-order valence-corrected chi connectivity index (χ0v) is 11.8. The maximum atomic E-state index is 11.9. The van der Waals surface area contributed by atoms with Crippen LogP contribution in [0.4, 0.5) is 0 Å². The Bertz CT molecular complexity index is 204. The van der Waals surface area contributed by atoms with Crippen LogP contribution in [0.15, 0.2) is 0 Å². The summed E-state index contributed by atoms with van der Waals surface area (Å²) in [6, 6.07) is 0.435. The smallest absolute Gasteiger partial charge is 0.232 e. The summed E-state index contributed by atoms with van der Waals surface area (Å²) in [6.07, 6.45) is 3.47. The highest BCUT2D eigenvalue weighted by Gasteiger charge is 2.27. The van der Waals surface area contributed by atoms with Crippen LogP contribution in [0.3, 0.4) is 0 Å². The molecule has 1 fully saturated rings. The normalized spacial score (nSPS) is 19.6. The van der Waals surface area contributed by atoms with Gasteiger partial charge in [0.1, 0.15) is 0 Å². The molecule has 1 N–H and O–H groups in total. The third kappa shape index (κ3) is 4.93. The molecule has 16 heavy (non-hydrogen) atoms. The molecule has 0 spiro atoms. The van der Waals surface area contributed by atoms with E-state index in [4.69, 9.17) is 0 Å². The van der Waals surface area contributed by atoms with E-state index >= 15 is 0 Å². The molecular weight excluding hydrogens is 244 g/mol. The van der Waals surface area contributed by atoms with Crippen LogP contribution in [0.2, 0.25) is 0 Å². The van der Waals surface area contributed by atoms with Crippen molar-refractivity contribution < 1.29 is 4.79 Å². The van der Waals surface area contributed by atoms with Gasteiger partial charge < -0.3 is 10.2 Å². The second kappa shape index (κ2) is 9.14. The molecule has 0 saturated carbocycles. The number of hydrogen-bond acceptors (Lipinski definition) is 3. The summed E-state index contributed by atoms with van der Waals surface area (Å²) in [5, 5.41) is 3.16. The molecule has 0 aliphatic carbocycles. The minimum Gasteiger partial charge on any atom is -0.338 e. The summed E-state index contributed by atoms with van der Waals surface area (Å²) in [6.45, 7) is 4.04. The number of likely N-dealkylation sites (tertiary alicyclic amines) is 1. The molecule has 0 aromatic heterocycles. The minimum absolute atomic E-state index is 0. The minimum atomic E-state index is 0. The summed E-state index contributed by atoms with van der Waals surface area (Å²) in [5.74, 6) is 2.08. The maximum Gasteiger partial charge on any atom is 0.232 e. The van der Waals surface area contributed by atoms with Crippen LogP contribution in [-0.4, -0.2) is 48.5 Å². The second-order valence-corrected chi connectivity index (χ2v) is 5.10. The summed E-state index contributed by atoms with van der Waals surface area (Å²) >= 11 is 1.76. The van der Waals surface area contributed by atoms with E-state index in [0.29, 0.717) is 17.7 Å². The van der Waals surface area contributed by atoms with Crippen LogP contribution in [0.1, 0.15) is 26.2 Å². The number of amides is 1. The molecule has 96 valence electrons. The van der Waals surface area contributed by atoms with Crippen molar-refractivity contribution in [3.8, 4) is 0 Å². The van der Waals surface area contributed by atoms with Gasteiger partial charge in [-0.1, -0.05) is 6.92 Å². The molecular formula is C11H23ClN2OS. The molecule has 0 aromatic rings. The van der Waals surface area contributed by atoms with Crippen molar-refractivity contribution in [1.82, 2.24) is 10.2 Å². The van der Waals surface area contributed by atoms with Crippen LogP contribution < -0.4 is 5.32 Å². The van der Waals surface area contributed by atoms with Crippen LogP contribution in [-0.2, 0) is 4.79 Å². The van der Waals surface area contributed by atoms with Crippen LogP contribution in [0.5, 0.6) is 0 Å². The van der Waals surface area contributed by atoms with E-state index in [2.05, 4.69) is 17.1 Å². The Balaban J connectivity index is 0.00000225. The predicted octanol–water partition coefficient (Wildman–Crippen LogP) is 1.76. The highest BCUT2D eigenvalue weighted by molar-refractivity contribution is 7.99. The number of nitrogens with zero attached hydrogens (tertiary/aromatic N) is 1. The van der Waals surface area contributed by atoms with Gasteiger partial charge in [0.15, 0.2) is 0 Å². The zero-order chi connectivity index (χ0) is 11.1. The van der Waals surface area contributed by atoms with Crippen molar-refractivity contribution in [3.05, 3.63) is 0 Å². The fraction of sp³-hybridized carbons (Fsp3) is 0.909. The molecule has 1 heterocycles. The Morgan fingerprint density at radius 1 is 1.56 bits per heavy atom. The van der Waals surface area contributed by atoms with Gasteiger partial charge in [-0.3, -0.25) is 4.79 Å². The van der Waals surface area contributed by atoms with E-state index < -0.39 is 0 Å². The lowest BCUT2D eigenvalue weighted by Gasteiger charge is -2.24. The number of likely N-dealkylation sites (N-methyl/N-ethyl adjacent to an activating group) is 1. The number of nitrogens with one attached hydrogen (secondary N) is 1. The fourth-order valence-electron chi connectivity index (χ4n) is 2.00. The SMILES string of the molecule is CCCSCC(=O)N1CCCC1CNC.Cl. The van der Waals surface area contributed by atoms with Gasteiger partial charge in [-0.15, -0.1) is 12.4 Å². The Morgan fingerprint density at radius 2 is 2.31 bits per heavy atom. The van der Waals surface area contributed by atoms with E-state index in [1.807, 2.05) is 7.05 Å². The lowest BCUT2D eigenvalue weighted by atomic mass is 10.2. The molecule has 1 amide bonds. The average Bonchev–Trinajstić information content (AvgIpc) is 2.67. The number of carbonyl (C=O) groups is 1. The summed E-state index contributed by atoms with van der Waals surface area (Å²) < 4.78 is 0. The molecule has 0 radical (unpaired) electrons. The highest BCUT2D eigenvalue weighted by Crippen LogP contribution is 2.18. The molecule has 1 aliphatic heterocycles. The van der Waals surface area contributed by atoms with Crippen molar-refractivity contribution >= 4 is 30.1 Å². The number of thioether (sulfide) groups is 1. The Morgan fingerprint density at radius 3 is 2.94 bits per heavy atom. The molecule has 1 aliphatic rings. The van der Waals surface area contributed by atoms with Crippen LogP contribution >= 0.6 is 24.2 Å². The third-order valence-electron chi connectivity index (χ3n) is 2.71. The lowest BCUT2D eigenvalue weighted by molar-refractivity contribution is -0.129. The molecule has 0 bridgehead atoms. The molecule has 1 rings (SSSR count). The molecule has 5 heteroatoms. The van der Waals surface area contributed by atoms with E-state index in [1.54, 1.807) is 11.8 Å². The van der Waals surface area contributed by atoms with Crippen LogP contribution in [0.25, 0.3) is 0 Å². The second-order valence-electron chi connectivity index (χ2n) is 3.99. The Labute approximate surface area is 109 Å². The molecule has 1 saturated heterocycles. The first-order valence-corrected chi connectivity index (χ1v) is 6.96. The quantitative estimate of drug-likeness (QED) is 0.744. The number of rotatable bonds is 6. The molecule has 1 unspecified atom stereocenters. The first-order chi connectivity index (χ1) is 7.29. The van der Waals surface area contributed by atoms with E-state index in [-0.39, 0.29) is 12.4 Å². The predicted molar refractivity (Wildman–Crippen MR) is 73.5 cm³/mol. The summed E-state index contributed by atoms with van der Waals surface area (Å²) in [5.41, 5.74) is 0. The molecule has 1 atom stereocenters. The lowest BCUT2D eigenvalue weighted by Crippen LogP contribution is -2.41. The number of carbonyl (C=O) groups excluding carboxylic acids is 1. The van der Waals surface area contributed by atoms with Gasteiger partial charge in [-0.2, -0.15) is 11.8 Å². The van der Waals surface area contributed by atoms with Crippen molar-refractivity contribution in [2.75, 3.05) is 31.6 Å². The largest absolute Gasteiger partial charge is 0.338 e. The van der Waals surface area contributed by atoms with Gasteiger partial charge in [-0.25, -0.2) is 0 Å². The van der Waals surface area contributed by atoms with Gasteiger partial charge in [-0.05, 0) is 32.1 Å². The third-order valence-corrected chi connectivity index (χ3v) is 3.86. The van der Waals surface area contributed by atoms with Gasteiger partial charge in [0.2, 0.25) is 5.91 Å². The van der Waals surface area contributed by atoms with E-state index in [1.165, 1.54) is 0 Å². The van der Waals surface area contributed by atoms with Gasteiger partial charge in [0.05, 0.1) is 5.75 Å². The van der Waals surface area contributed by atoms with Gasteiger partial charge in [0.25, 0.3) is 0 Å². The first-order valence-electron chi connectivity index (χ1n) is 5.81. The van der Waals surface area contributed by atoms with E-state index in [0.717, 1.165) is 38.1 Å². The summed E-state index contributed by atoms with van der Waals surface area (Å²) in [7, 11) is 1.95. The Kier molecular flexibility index (Phi) is 9.18. The standard InChI is InChI=1S/C11H22N2OS.ClH/c1-3-7-15-9-11(14)13-6-4-5-10(13)8-12-2;/h10,12H,3-9H2,1-2H3;1H. The van der Waals surface area contributed by atoms with Crippen molar-refractivity contribution in [2.45, 2.75) is 32.2 Å². The molecule has 3 nitrogen and oxygen atoms in total. The zero-order valence-electron chi connectivity index (χ0n) is 10.2. The number of hydrogen-bond donors (Lipinski definition) is 1. The van der Waals surface area contributed by atoms with E-state index in [9.17, 15) is 4.79 Å². The Hall–Kier alpha value is 0.0700. The molecule has 0 aromatic carbocycles. The van der Waals surface area contributed by atoms with Gasteiger partial charge >= 0.3 is 0 Å². The fourth-order valence-corrected chi connectivity index (χ4v) is 2.77.